The van der Waals surface area contributed by atoms with Crippen molar-refractivity contribution in [3.63, 3.8) is 0 Å². The normalized spacial score (nSPS) is 20.9. The molecular formula is C18H23NO3. The van der Waals surface area contributed by atoms with Gasteiger partial charge in [-0.1, -0.05) is 32.0 Å². The molecule has 1 N–H and O–H groups in total. The number of rotatable bonds is 4. The highest BCUT2D eigenvalue weighted by Gasteiger charge is 2.41. The molecule has 118 valence electrons. The van der Waals surface area contributed by atoms with Crippen LogP contribution in [0, 0.1) is 0 Å². The van der Waals surface area contributed by atoms with Gasteiger partial charge in [0.15, 0.2) is 0 Å². The van der Waals surface area contributed by atoms with E-state index >= 15 is 0 Å². The number of fused-ring (bicyclic) bond motifs is 3. The summed E-state index contributed by atoms with van der Waals surface area (Å²) in [4.78, 5) is 15.5. The van der Waals surface area contributed by atoms with E-state index in [0.29, 0.717) is 6.61 Å². The van der Waals surface area contributed by atoms with Crippen molar-refractivity contribution in [2.75, 3.05) is 13.7 Å². The van der Waals surface area contributed by atoms with E-state index in [-0.39, 0.29) is 12.4 Å². The molecule has 1 aliphatic rings. The Labute approximate surface area is 130 Å². The number of nitrogens with one attached hydrogen (secondary N) is 1. The Kier molecular flexibility index (Phi) is 3.96. The van der Waals surface area contributed by atoms with Gasteiger partial charge in [-0.05, 0) is 30.4 Å². The van der Waals surface area contributed by atoms with Crippen molar-refractivity contribution in [3.05, 3.63) is 35.0 Å². The van der Waals surface area contributed by atoms with Crippen molar-refractivity contribution in [2.24, 2.45) is 0 Å². The van der Waals surface area contributed by atoms with Crippen LogP contribution in [-0.2, 0) is 32.7 Å². The predicted molar refractivity (Wildman–Crippen MR) is 85.9 cm³/mol. The minimum absolute atomic E-state index is 0.232. The number of hydrogen-bond donors (Lipinski definition) is 1. The lowest BCUT2D eigenvalue weighted by Gasteiger charge is -2.35. The zero-order valence-electron chi connectivity index (χ0n) is 13.5. The SMILES string of the molecule is CCc1cccc2c3c([nH]c12)[C@](CC)(CC(=O)OC)OCC3. The maximum atomic E-state index is 11.9. The molecule has 1 atom stereocenters. The lowest BCUT2D eigenvalue weighted by Crippen LogP contribution is -2.37. The highest BCUT2D eigenvalue weighted by atomic mass is 16.5. The van der Waals surface area contributed by atoms with Gasteiger partial charge in [0.05, 0.1) is 25.8 Å². The summed E-state index contributed by atoms with van der Waals surface area (Å²) in [5.41, 5.74) is 4.24. The molecule has 0 saturated carbocycles. The molecule has 1 aromatic heterocycles. The molecule has 0 aliphatic carbocycles. The van der Waals surface area contributed by atoms with E-state index in [4.69, 9.17) is 9.47 Å². The lowest BCUT2D eigenvalue weighted by atomic mass is 9.86. The fourth-order valence-corrected chi connectivity index (χ4v) is 3.55. The molecule has 0 fully saturated rings. The van der Waals surface area contributed by atoms with Crippen molar-refractivity contribution in [1.82, 2.24) is 4.98 Å². The standard InChI is InChI=1S/C18H23NO3/c1-4-12-7-6-8-13-14-9-10-22-18(5-2,11-15(20)21-3)17(14)19-16(12)13/h6-8,19H,4-5,9-11H2,1-3H3/t18-/m0/s1. The highest BCUT2D eigenvalue weighted by Crippen LogP contribution is 2.42. The molecule has 1 aromatic carbocycles. The second-order valence-corrected chi connectivity index (χ2v) is 5.87. The largest absolute Gasteiger partial charge is 0.469 e. The number of para-hydroxylation sites is 1. The first-order valence-corrected chi connectivity index (χ1v) is 7.99. The first-order valence-electron chi connectivity index (χ1n) is 7.99. The summed E-state index contributed by atoms with van der Waals surface area (Å²) in [7, 11) is 1.43. The summed E-state index contributed by atoms with van der Waals surface area (Å²) < 4.78 is 11.0. The van der Waals surface area contributed by atoms with Crippen LogP contribution >= 0.6 is 0 Å². The Bertz CT molecular complexity index is 704. The first-order chi connectivity index (χ1) is 10.6. The minimum atomic E-state index is -0.593. The topological polar surface area (TPSA) is 51.3 Å². The predicted octanol–water partition coefficient (Wildman–Crippen LogP) is 3.47. The third-order valence-corrected chi connectivity index (χ3v) is 4.82. The summed E-state index contributed by atoms with van der Waals surface area (Å²) in [6, 6.07) is 6.42. The Morgan fingerprint density at radius 1 is 1.41 bits per heavy atom. The van der Waals surface area contributed by atoms with Crippen molar-refractivity contribution in [3.8, 4) is 0 Å². The maximum absolute atomic E-state index is 11.9. The number of hydrogen-bond acceptors (Lipinski definition) is 3. The van der Waals surface area contributed by atoms with E-state index < -0.39 is 5.60 Å². The molecule has 22 heavy (non-hydrogen) atoms. The summed E-state index contributed by atoms with van der Waals surface area (Å²) in [6.07, 6.45) is 2.85. The summed E-state index contributed by atoms with van der Waals surface area (Å²) in [5, 5.41) is 1.26. The third-order valence-electron chi connectivity index (χ3n) is 4.82. The molecule has 4 heteroatoms. The smallest absolute Gasteiger partial charge is 0.308 e. The Hall–Kier alpha value is -1.81. The molecule has 4 nitrogen and oxygen atoms in total. The van der Waals surface area contributed by atoms with E-state index in [0.717, 1.165) is 25.0 Å². The highest BCUT2D eigenvalue weighted by molar-refractivity contribution is 5.88. The van der Waals surface area contributed by atoms with Crippen molar-refractivity contribution < 1.29 is 14.3 Å². The van der Waals surface area contributed by atoms with E-state index in [1.54, 1.807) is 0 Å². The molecule has 0 amide bonds. The number of ether oxygens (including phenoxy) is 2. The van der Waals surface area contributed by atoms with Crippen LogP contribution in [0.5, 0.6) is 0 Å². The van der Waals surface area contributed by atoms with Gasteiger partial charge in [0.25, 0.3) is 0 Å². The zero-order chi connectivity index (χ0) is 15.7. The van der Waals surface area contributed by atoms with Gasteiger partial charge in [0, 0.05) is 10.9 Å². The second-order valence-electron chi connectivity index (χ2n) is 5.87. The van der Waals surface area contributed by atoms with Crippen LogP contribution < -0.4 is 0 Å². The van der Waals surface area contributed by atoms with Gasteiger partial charge in [-0.15, -0.1) is 0 Å². The Morgan fingerprint density at radius 3 is 2.91 bits per heavy atom. The number of H-pyrrole nitrogens is 1. The number of methoxy groups -OCH3 is 1. The molecule has 3 rings (SSSR count). The van der Waals surface area contributed by atoms with Gasteiger partial charge in [-0.25, -0.2) is 0 Å². The first kappa shape index (κ1) is 15.1. The molecule has 0 unspecified atom stereocenters. The maximum Gasteiger partial charge on any atom is 0.308 e. The molecule has 2 heterocycles. The number of carbonyl (C=O) groups excluding carboxylic acids is 1. The van der Waals surface area contributed by atoms with E-state index in [1.807, 2.05) is 0 Å². The van der Waals surface area contributed by atoms with Crippen LogP contribution in [-0.4, -0.2) is 24.7 Å². The van der Waals surface area contributed by atoms with E-state index in [9.17, 15) is 4.79 Å². The van der Waals surface area contributed by atoms with Crippen molar-refractivity contribution >= 4 is 16.9 Å². The van der Waals surface area contributed by atoms with Gasteiger partial charge < -0.3 is 14.5 Å². The molecule has 1 aliphatic heterocycles. The van der Waals surface area contributed by atoms with Crippen LogP contribution in [0.2, 0.25) is 0 Å². The van der Waals surface area contributed by atoms with Gasteiger partial charge >= 0.3 is 5.97 Å². The van der Waals surface area contributed by atoms with Crippen molar-refractivity contribution in [2.45, 2.75) is 45.1 Å². The monoisotopic (exact) mass is 301 g/mol. The summed E-state index contributed by atoms with van der Waals surface area (Å²) in [6.45, 7) is 4.86. The zero-order valence-corrected chi connectivity index (χ0v) is 13.5. The molecule has 0 saturated heterocycles. The number of aryl methyl sites for hydroxylation is 1. The molecule has 0 bridgehead atoms. The molecular weight excluding hydrogens is 278 g/mol. The molecule has 0 radical (unpaired) electrons. The van der Waals surface area contributed by atoms with Crippen LogP contribution in [0.15, 0.2) is 18.2 Å². The van der Waals surface area contributed by atoms with E-state index in [2.05, 4.69) is 37.0 Å². The van der Waals surface area contributed by atoms with Crippen LogP contribution in [0.25, 0.3) is 10.9 Å². The second kappa shape index (κ2) is 5.76. The lowest BCUT2D eigenvalue weighted by molar-refractivity contribution is -0.152. The van der Waals surface area contributed by atoms with E-state index in [1.165, 1.54) is 29.1 Å². The number of carbonyl (C=O) groups is 1. The Morgan fingerprint density at radius 2 is 2.23 bits per heavy atom. The average Bonchev–Trinajstić information content (AvgIpc) is 2.94. The van der Waals surface area contributed by atoms with Crippen molar-refractivity contribution in [1.29, 1.82) is 0 Å². The van der Waals surface area contributed by atoms with Gasteiger partial charge in [0.2, 0.25) is 0 Å². The minimum Gasteiger partial charge on any atom is -0.469 e. The molecule has 2 aromatic rings. The number of aromatic amines is 1. The van der Waals surface area contributed by atoms with Crippen LogP contribution in [0.3, 0.4) is 0 Å². The van der Waals surface area contributed by atoms with Gasteiger partial charge in [-0.2, -0.15) is 0 Å². The number of esters is 1. The Balaban J connectivity index is 2.18. The summed E-state index contributed by atoms with van der Waals surface area (Å²) >= 11 is 0. The van der Waals surface area contributed by atoms with Gasteiger partial charge in [-0.3, -0.25) is 4.79 Å². The van der Waals surface area contributed by atoms with Crippen LogP contribution in [0.4, 0.5) is 0 Å². The fourth-order valence-electron chi connectivity index (χ4n) is 3.55. The third kappa shape index (κ3) is 2.22. The average molecular weight is 301 g/mol. The number of benzene rings is 1. The number of aromatic nitrogens is 1. The quantitative estimate of drug-likeness (QED) is 0.880. The summed E-state index contributed by atoms with van der Waals surface area (Å²) in [5.74, 6) is -0.232. The van der Waals surface area contributed by atoms with Crippen LogP contribution in [0.1, 0.15) is 43.5 Å². The molecule has 0 spiro atoms. The van der Waals surface area contributed by atoms with Gasteiger partial charge in [0.1, 0.15) is 5.60 Å². The fraction of sp³-hybridized carbons (Fsp3) is 0.500.